The highest BCUT2D eigenvalue weighted by molar-refractivity contribution is 5.59. The third kappa shape index (κ3) is 3.73. The first kappa shape index (κ1) is 14.5. The van der Waals surface area contributed by atoms with Gasteiger partial charge in [-0.2, -0.15) is 5.26 Å². The molecule has 0 aliphatic rings. The van der Waals surface area contributed by atoms with Crippen LogP contribution >= 0.6 is 0 Å². The number of nitriles is 1. The van der Waals surface area contributed by atoms with Crippen LogP contribution in [0.3, 0.4) is 0 Å². The number of nitrogens with two attached hydrogens (primary N) is 1. The molecule has 0 spiro atoms. The highest BCUT2D eigenvalue weighted by Gasteiger charge is 2.16. The molecule has 0 fully saturated rings. The number of methoxy groups -OCH3 is 1. The van der Waals surface area contributed by atoms with Gasteiger partial charge in [-0.1, -0.05) is 12.1 Å². The normalized spacial score (nSPS) is 11.9. The molecule has 1 rings (SSSR count). The number of benzene rings is 1. The van der Waals surface area contributed by atoms with Crippen molar-refractivity contribution in [3.63, 3.8) is 0 Å². The Bertz CT molecular complexity index is 400. The first-order valence-electron chi connectivity index (χ1n) is 6.15. The molecule has 0 heterocycles. The molecular formula is C14H21N3O. The van der Waals surface area contributed by atoms with E-state index in [1.807, 2.05) is 31.3 Å². The van der Waals surface area contributed by atoms with Crippen LogP contribution in [0.15, 0.2) is 24.3 Å². The van der Waals surface area contributed by atoms with Crippen molar-refractivity contribution < 1.29 is 4.74 Å². The number of ether oxygens (including phenoxy) is 1. The standard InChI is InChI=1S/C14H21N3O/c1-17(13(11-18-2)7-5-9-15)14-8-4-3-6-12(14)10-16/h3-4,6,8,13H,5,7,9,11,15H2,1-2H3. The lowest BCUT2D eigenvalue weighted by molar-refractivity contribution is 0.174. The van der Waals surface area contributed by atoms with E-state index < -0.39 is 0 Å². The maximum atomic E-state index is 9.13. The van der Waals surface area contributed by atoms with E-state index in [-0.39, 0.29) is 6.04 Å². The van der Waals surface area contributed by atoms with Crippen LogP contribution < -0.4 is 10.6 Å². The van der Waals surface area contributed by atoms with Gasteiger partial charge in [0.15, 0.2) is 0 Å². The molecule has 98 valence electrons. The Morgan fingerprint density at radius 1 is 1.44 bits per heavy atom. The molecule has 0 bridgehead atoms. The van der Waals surface area contributed by atoms with Crippen molar-refractivity contribution in [2.45, 2.75) is 18.9 Å². The fraction of sp³-hybridized carbons (Fsp3) is 0.500. The van der Waals surface area contributed by atoms with Crippen molar-refractivity contribution >= 4 is 5.69 Å². The van der Waals surface area contributed by atoms with Crippen LogP contribution in [0.5, 0.6) is 0 Å². The largest absolute Gasteiger partial charge is 0.383 e. The van der Waals surface area contributed by atoms with E-state index in [9.17, 15) is 0 Å². The minimum Gasteiger partial charge on any atom is -0.383 e. The van der Waals surface area contributed by atoms with Crippen LogP contribution in [0, 0.1) is 11.3 Å². The summed E-state index contributed by atoms with van der Waals surface area (Å²) >= 11 is 0. The van der Waals surface area contributed by atoms with Crippen LogP contribution in [-0.4, -0.2) is 33.4 Å². The summed E-state index contributed by atoms with van der Waals surface area (Å²) < 4.78 is 5.25. The molecule has 0 amide bonds. The smallest absolute Gasteiger partial charge is 0.101 e. The molecule has 0 aromatic heterocycles. The average molecular weight is 247 g/mol. The minimum atomic E-state index is 0.244. The van der Waals surface area contributed by atoms with Crippen molar-refractivity contribution in [1.82, 2.24) is 0 Å². The maximum absolute atomic E-state index is 9.13. The van der Waals surface area contributed by atoms with E-state index >= 15 is 0 Å². The first-order chi connectivity index (χ1) is 8.74. The summed E-state index contributed by atoms with van der Waals surface area (Å²) in [4.78, 5) is 2.11. The summed E-state index contributed by atoms with van der Waals surface area (Å²) in [6.07, 6.45) is 1.91. The predicted octanol–water partition coefficient (Wildman–Crippen LogP) is 1.75. The molecule has 18 heavy (non-hydrogen) atoms. The van der Waals surface area contributed by atoms with Gasteiger partial charge < -0.3 is 15.4 Å². The summed E-state index contributed by atoms with van der Waals surface area (Å²) in [7, 11) is 3.69. The third-order valence-corrected chi connectivity index (χ3v) is 3.05. The molecule has 0 aliphatic carbocycles. The molecule has 4 heteroatoms. The van der Waals surface area contributed by atoms with Gasteiger partial charge in [-0.25, -0.2) is 0 Å². The second-order valence-electron chi connectivity index (χ2n) is 4.28. The van der Waals surface area contributed by atoms with Gasteiger partial charge in [0.2, 0.25) is 0 Å². The molecule has 0 saturated carbocycles. The molecule has 1 aromatic carbocycles. The topological polar surface area (TPSA) is 62.3 Å². The molecule has 0 saturated heterocycles. The number of para-hydroxylation sites is 1. The van der Waals surface area contributed by atoms with Crippen LogP contribution in [0.4, 0.5) is 5.69 Å². The van der Waals surface area contributed by atoms with Crippen LogP contribution in [0.1, 0.15) is 18.4 Å². The summed E-state index contributed by atoms with van der Waals surface area (Å²) in [6.45, 7) is 1.31. The fourth-order valence-corrected chi connectivity index (χ4v) is 2.01. The molecular weight excluding hydrogens is 226 g/mol. The lowest BCUT2D eigenvalue weighted by atomic mass is 10.1. The van der Waals surface area contributed by atoms with E-state index in [4.69, 9.17) is 15.7 Å². The Balaban J connectivity index is 2.87. The zero-order valence-electron chi connectivity index (χ0n) is 11.1. The van der Waals surface area contributed by atoms with E-state index in [0.717, 1.165) is 18.5 Å². The molecule has 0 aliphatic heterocycles. The van der Waals surface area contributed by atoms with Crippen molar-refractivity contribution in [2.75, 3.05) is 32.2 Å². The lowest BCUT2D eigenvalue weighted by Crippen LogP contribution is -2.36. The van der Waals surface area contributed by atoms with Crippen molar-refractivity contribution in [3.8, 4) is 6.07 Å². The number of rotatable bonds is 7. The van der Waals surface area contributed by atoms with Crippen LogP contribution in [-0.2, 0) is 4.74 Å². The van der Waals surface area contributed by atoms with Gasteiger partial charge in [-0.15, -0.1) is 0 Å². The average Bonchev–Trinajstić information content (AvgIpc) is 2.42. The predicted molar refractivity (Wildman–Crippen MR) is 73.5 cm³/mol. The van der Waals surface area contributed by atoms with Crippen molar-refractivity contribution in [1.29, 1.82) is 5.26 Å². The van der Waals surface area contributed by atoms with Crippen LogP contribution in [0.25, 0.3) is 0 Å². The third-order valence-electron chi connectivity index (χ3n) is 3.05. The molecule has 0 radical (unpaired) electrons. The number of hydrogen-bond donors (Lipinski definition) is 1. The van der Waals surface area contributed by atoms with Gasteiger partial charge in [0.1, 0.15) is 6.07 Å². The van der Waals surface area contributed by atoms with Gasteiger partial charge in [0.25, 0.3) is 0 Å². The number of likely N-dealkylation sites (N-methyl/N-ethyl adjacent to an activating group) is 1. The van der Waals surface area contributed by atoms with Gasteiger partial charge in [0, 0.05) is 14.2 Å². The summed E-state index contributed by atoms with van der Waals surface area (Å²) in [6, 6.07) is 10.1. The second kappa shape index (κ2) is 7.70. The second-order valence-corrected chi connectivity index (χ2v) is 4.28. The Morgan fingerprint density at radius 2 is 2.17 bits per heavy atom. The summed E-state index contributed by atoms with van der Waals surface area (Å²) in [5.41, 5.74) is 7.19. The molecule has 1 aromatic rings. The first-order valence-corrected chi connectivity index (χ1v) is 6.15. The fourth-order valence-electron chi connectivity index (χ4n) is 2.01. The Kier molecular flexibility index (Phi) is 6.20. The zero-order chi connectivity index (χ0) is 13.4. The van der Waals surface area contributed by atoms with Gasteiger partial charge in [0.05, 0.1) is 23.9 Å². The number of anilines is 1. The van der Waals surface area contributed by atoms with Gasteiger partial charge in [-0.05, 0) is 31.5 Å². The van der Waals surface area contributed by atoms with Crippen LogP contribution in [0.2, 0.25) is 0 Å². The summed E-state index contributed by atoms with van der Waals surface area (Å²) in [5, 5.41) is 9.13. The SMILES string of the molecule is COCC(CCCN)N(C)c1ccccc1C#N. The Hall–Kier alpha value is -1.57. The van der Waals surface area contributed by atoms with E-state index in [1.54, 1.807) is 7.11 Å². The Morgan fingerprint density at radius 3 is 2.78 bits per heavy atom. The van der Waals surface area contributed by atoms with Crippen molar-refractivity contribution in [3.05, 3.63) is 29.8 Å². The van der Waals surface area contributed by atoms with E-state index in [2.05, 4.69) is 11.0 Å². The monoisotopic (exact) mass is 247 g/mol. The summed E-state index contributed by atoms with van der Waals surface area (Å²) in [5.74, 6) is 0. The van der Waals surface area contributed by atoms with Gasteiger partial charge in [-0.3, -0.25) is 0 Å². The maximum Gasteiger partial charge on any atom is 0.101 e. The molecule has 2 N–H and O–H groups in total. The van der Waals surface area contributed by atoms with Crippen molar-refractivity contribution in [2.24, 2.45) is 5.73 Å². The van der Waals surface area contributed by atoms with E-state index in [0.29, 0.717) is 18.7 Å². The zero-order valence-corrected chi connectivity index (χ0v) is 11.1. The molecule has 1 atom stereocenters. The highest BCUT2D eigenvalue weighted by atomic mass is 16.5. The highest BCUT2D eigenvalue weighted by Crippen LogP contribution is 2.22. The molecule has 1 unspecified atom stereocenters. The minimum absolute atomic E-state index is 0.244. The number of nitrogens with zero attached hydrogens (tertiary/aromatic N) is 2. The quantitative estimate of drug-likeness (QED) is 0.797. The molecule has 4 nitrogen and oxygen atoms in total. The Labute approximate surface area is 109 Å². The number of hydrogen-bond acceptors (Lipinski definition) is 4. The van der Waals surface area contributed by atoms with Gasteiger partial charge >= 0.3 is 0 Å². The lowest BCUT2D eigenvalue weighted by Gasteiger charge is -2.30. The van der Waals surface area contributed by atoms with E-state index in [1.165, 1.54) is 0 Å².